The lowest BCUT2D eigenvalue weighted by Gasteiger charge is -2.34. The van der Waals surface area contributed by atoms with Crippen molar-refractivity contribution in [2.75, 3.05) is 0 Å². The monoisotopic (exact) mass is 342 g/mol. The summed E-state index contributed by atoms with van der Waals surface area (Å²) in [4.78, 5) is 4.78. The zero-order valence-corrected chi connectivity index (χ0v) is 16.0. The zero-order chi connectivity index (χ0) is 17.5. The minimum Gasteiger partial charge on any atom is -0.370 e. The number of benzene rings is 1. The number of ether oxygens (including phenoxy) is 1. The molecule has 0 atom stereocenters. The maximum absolute atomic E-state index is 5.97. The molecule has 3 nitrogen and oxygen atoms in total. The predicted octanol–water partition coefficient (Wildman–Crippen LogP) is 5.10. The second-order valence-corrected chi connectivity index (χ2v) is 8.15. The molecule has 0 aliphatic carbocycles. The van der Waals surface area contributed by atoms with Crippen LogP contribution in [0, 0.1) is 17.5 Å². The van der Waals surface area contributed by atoms with Crippen LogP contribution in [-0.2, 0) is 24.3 Å². The number of rotatable bonds is 3. The summed E-state index contributed by atoms with van der Waals surface area (Å²) in [5.41, 5.74) is 4.58. The summed E-state index contributed by atoms with van der Waals surface area (Å²) < 4.78 is 9.02. The summed E-state index contributed by atoms with van der Waals surface area (Å²) >= 11 is 5.60. The van der Waals surface area contributed by atoms with E-state index in [-0.39, 0.29) is 5.60 Å². The summed E-state index contributed by atoms with van der Waals surface area (Å²) in [7, 11) is 0. The van der Waals surface area contributed by atoms with E-state index in [0.717, 1.165) is 29.9 Å². The molecule has 0 bridgehead atoms. The Morgan fingerprint density at radius 1 is 1.25 bits per heavy atom. The second kappa shape index (κ2) is 6.41. The Hall–Kier alpha value is -1.52. The van der Waals surface area contributed by atoms with Gasteiger partial charge in [-0.15, -0.1) is 0 Å². The first-order valence-electron chi connectivity index (χ1n) is 8.60. The predicted molar refractivity (Wildman–Crippen MR) is 101 cm³/mol. The van der Waals surface area contributed by atoms with Crippen LogP contribution in [0.25, 0.3) is 11.4 Å². The third-order valence-corrected chi connectivity index (χ3v) is 4.79. The fourth-order valence-electron chi connectivity index (χ4n) is 3.19. The molecule has 2 aromatic rings. The van der Waals surface area contributed by atoms with Gasteiger partial charge in [-0.1, -0.05) is 55.9 Å². The van der Waals surface area contributed by atoms with Crippen molar-refractivity contribution in [3.8, 4) is 11.4 Å². The van der Waals surface area contributed by atoms with E-state index in [0.29, 0.717) is 17.2 Å². The first-order valence-corrected chi connectivity index (χ1v) is 9.01. The van der Waals surface area contributed by atoms with Gasteiger partial charge in [-0.25, -0.2) is 4.98 Å². The maximum Gasteiger partial charge on any atom is 0.141 e. The smallest absolute Gasteiger partial charge is 0.141 e. The lowest BCUT2D eigenvalue weighted by Crippen LogP contribution is -2.35. The minimum absolute atomic E-state index is 0.167. The Morgan fingerprint density at radius 2 is 1.92 bits per heavy atom. The summed E-state index contributed by atoms with van der Waals surface area (Å²) in [6.07, 6.45) is 0.861. The molecule has 0 spiro atoms. The Morgan fingerprint density at radius 3 is 2.54 bits per heavy atom. The van der Waals surface area contributed by atoms with Crippen molar-refractivity contribution in [1.82, 2.24) is 9.55 Å². The van der Waals surface area contributed by atoms with Crippen molar-refractivity contribution >= 4 is 12.2 Å². The van der Waals surface area contributed by atoms with Crippen molar-refractivity contribution in [2.24, 2.45) is 5.92 Å². The third kappa shape index (κ3) is 3.45. The number of fused-ring (bicyclic) bond motifs is 1. The lowest BCUT2D eigenvalue weighted by molar-refractivity contribution is -0.0429. The van der Waals surface area contributed by atoms with E-state index >= 15 is 0 Å². The van der Waals surface area contributed by atoms with E-state index in [1.54, 1.807) is 0 Å². The molecule has 3 rings (SSSR count). The molecule has 0 saturated carbocycles. The van der Waals surface area contributed by atoms with E-state index in [9.17, 15) is 0 Å². The quantitative estimate of drug-likeness (QED) is 0.727. The summed E-state index contributed by atoms with van der Waals surface area (Å²) in [5, 5.41) is 0. The van der Waals surface area contributed by atoms with Crippen LogP contribution in [-0.4, -0.2) is 15.2 Å². The van der Waals surface area contributed by atoms with Crippen LogP contribution in [0.3, 0.4) is 0 Å². The first kappa shape index (κ1) is 17.3. The van der Waals surface area contributed by atoms with Crippen molar-refractivity contribution < 1.29 is 4.74 Å². The molecular formula is C20H26N2OS. The van der Waals surface area contributed by atoms with Crippen LogP contribution < -0.4 is 0 Å². The summed E-state index contributed by atoms with van der Waals surface area (Å²) in [5.74, 6) is 1.51. The van der Waals surface area contributed by atoms with E-state index in [4.69, 9.17) is 21.9 Å². The molecule has 0 radical (unpaired) electrons. The Balaban J connectivity index is 2.23. The van der Waals surface area contributed by atoms with Gasteiger partial charge in [0.1, 0.15) is 10.5 Å². The normalized spacial score (nSPS) is 16.2. The van der Waals surface area contributed by atoms with Gasteiger partial charge in [0, 0.05) is 29.8 Å². The highest BCUT2D eigenvalue weighted by atomic mass is 32.1. The number of hydrogen-bond acceptors (Lipinski definition) is 3. The molecule has 1 aromatic heterocycles. The SMILES string of the molecule is Cc1ccc(-c2nc(=S)c3c(n2CC(C)C)CC(C)(C)OC3)cc1. The Kier molecular flexibility index (Phi) is 4.63. The molecule has 24 heavy (non-hydrogen) atoms. The van der Waals surface area contributed by atoms with Gasteiger partial charge in [0.2, 0.25) is 0 Å². The summed E-state index contributed by atoms with van der Waals surface area (Å²) in [6, 6.07) is 8.54. The van der Waals surface area contributed by atoms with E-state index < -0.39 is 0 Å². The highest BCUT2D eigenvalue weighted by Gasteiger charge is 2.30. The minimum atomic E-state index is -0.167. The number of aromatic nitrogens is 2. The van der Waals surface area contributed by atoms with E-state index in [1.807, 2.05) is 0 Å². The fraction of sp³-hybridized carbons (Fsp3) is 0.500. The van der Waals surface area contributed by atoms with Gasteiger partial charge in [-0.05, 0) is 26.7 Å². The molecule has 2 heterocycles. The molecule has 1 aliphatic heterocycles. The number of aryl methyl sites for hydroxylation is 1. The van der Waals surface area contributed by atoms with Crippen LogP contribution in [0.5, 0.6) is 0 Å². The largest absolute Gasteiger partial charge is 0.370 e. The van der Waals surface area contributed by atoms with Crippen molar-refractivity contribution in [1.29, 1.82) is 0 Å². The van der Waals surface area contributed by atoms with Crippen LogP contribution in [0.4, 0.5) is 0 Å². The van der Waals surface area contributed by atoms with Gasteiger partial charge >= 0.3 is 0 Å². The molecule has 4 heteroatoms. The van der Waals surface area contributed by atoms with E-state index in [2.05, 4.69) is 63.5 Å². The fourth-order valence-corrected chi connectivity index (χ4v) is 3.46. The van der Waals surface area contributed by atoms with Crippen LogP contribution >= 0.6 is 12.2 Å². The van der Waals surface area contributed by atoms with Gasteiger partial charge in [-0.3, -0.25) is 0 Å². The molecule has 0 fully saturated rings. The standard InChI is InChI=1S/C20H26N2OS/c1-13(2)11-22-17-10-20(4,5)23-12-16(17)19(24)21-18(22)15-8-6-14(3)7-9-15/h6-9,13H,10-12H2,1-5H3. The maximum atomic E-state index is 5.97. The summed E-state index contributed by atoms with van der Waals surface area (Å²) in [6.45, 7) is 12.4. The molecule has 0 unspecified atom stereocenters. The average Bonchev–Trinajstić information content (AvgIpc) is 2.49. The first-order chi connectivity index (χ1) is 11.3. The van der Waals surface area contributed by atoms with Crippen molar-refractivity contribution in [3.63, 3.8) is 0 Å². The van der Waals surface area contributed by atoms with Crippen LogP contribution in [0.2, 0.25) is 0 Å². The number of nitrogens with zero attached hydrogens (tertiary/aromatic N) is 2. The van der Waals surface area contributed by atoms with Crippen molar-refractivity contribution in [3.05, 3.63) is 45.7 Å². The van der Waals surface area contributed by atoms with Crippen LogP contribution in [0.15, 0.2) is 24.3 Å². The van der Waals surface area contributed by atoms with Gasteiger partial charge in [-0.2, -0.15) is 0 Å². The molecule has 1 aromatic carbocycles. The molecular weight excluding hydrogens is 316 g/mol. The van der Waals surface area contributed by atoms with Crippen LogP contribution in [0.1, 0.15) is 44.5 Å². The Labute approximate surface area is 149 Å². The highest BCUT2D eigenvalue weighted by molar-refractivity contribution is 7.71. The molecule has 128 valence electrons. The highest BCUT2D eigenvalue weighted by Crippen LogP contribution is 2.31. The molecule has 0 N–H and O–H groups in total. The topological polar surface area (TPSA) is 27.1 Å². The van der Waals surface area contributed by atoms with Gasteiger partial charge < -0.3 is 9.30 Å². The number of hydrogen-bond donors (Lipinski definition) is 0. The van der Waals surface area contributed by atoms with E-state index in [1.165, 1.54) is 11.3 Å². The van der Waals surface area contributed by atoms with Crippen molar-refractivity contribution in [2.45, 2.75) is 59.8 Å². The molecule has 1 aliphatic rings. The average molecular weight is 343 g/mol. The zero-order valence-electron chi connectivity index (χ0n) is 15.2. The van der Waals surface area contributed by atoms with Gasteiger partial charge in [0.15, 0.2) is 0 Å². The molecule has 0 saturated heterocycles. The molecule has 0 amide bonds. The lowest BCUT2D eigenvalue weighted by atomic mass is 9.95. The van der Waals surface area contributed by atoms with Gasteiger partial charge in [0.25, 0.3) is 0 Å². The second-order valence-electron chi connectivity index (χ2n) is 7.76. The van der Waals surface area contributed by atoms with Gasteiger partial charge in [0.05, 0.1) is 12.2 Å². The Bertz CT molecular complexity index is 804. The third-order valence-electron chi connectivity index (χ3n) is 4.45.